The summed E-state index contributed by atoms with van der Waals surface area (Å²) >= 11 is 0. The van der Waals surface area contributed by atoms with Gasteiger partial charge in [0.1, 0.15) is 0 Å². The van der Waals surface area contributed by atoms with Crippen LogP contribution in [0.2, 0.25) is 0 Å². The van der Waals surface area contributed by atoms with Gasteiger partial charge in [0, 0.05) is 33.3 Å². The minimum atomic E-state index is -0.373. The molecule has 1 atom stereocenters. The third-order valence-electron chi connectivity index (χ3n) is 15.5. The number of benzene rings is 9. The Bertz CT molecular complexity index is 3360. The van der Waals surface area contributed by atoms with Crippen molar-refractivity contribution in [2.45, 2.75) is 62.3 Å². The minimum absolute atomic E-state index is 0.142. The predicted molar refractivity (Wildman–Crippen MR) is 264 cm³/mol. The summed E-state index contributed by atoms with van der Waals surface area (Å²) in [6, 6.07) is 76.5. The van der Waals surface area contributed by atoms with E-state index in [-0.39, 0.29) is 16.9 Å². The summed E-state index contributed by atoms with van der Waals surface area (Å²) in [7, 11) is 0. The van der Waals surface area contributed by atoms with E-state index in [0.717, 1.165) is 6.42 Å². The molecule has 1 fully saturated rings. The quantitative estimate of drug-likeness (QED) is 0.158. The maximum Gasteiger partial charge on any atom is 0.0725 e. The monoisotopic (exact) mass is 807 g/mol. The molecular weight excluding hydrogens is 759 g/mol. The van der Waals surface area contributed by atoms with Crippen molar-refractivity contribution in [2.24, 2.45) is 0 Å². The van der Waals surface area contributed by atoms with Gasteiger partial charge in [-0.15, -0.1) is 0 Å². The molecule has 63 heavy (non-hydrogen) atoms. The molecule has 9 aromatic carbocycles. The lowest BCUT2D eigenvalue weighted by molar-refractivity contribution is 0.232. The molecule has 1 heterocycles. The van der Waals surface area contributed by atoms with Crippen molar-refractivity contribution in [1.29, 1.82) is 0 Å². The second-order valence-corrected chi connectivity index (χ2v) is 18.9. The van der Waals surface area contributed by atoms with Gasteiger partial charge in [0.25, 0.3) is 0 Å². The van der Waals surface area contributed by atoms with Gasteiger partial charge < -0.3 is 4.57 Å². The normalized spacial score (nSPS) is 16.0. The molecule has 10 aromatic rings. The Hall–Kier alpha value is -6.96. The van der Waals surface area contributed by atoms with E-state index < -0.39 is 0 Å². The van der Waals surface area contributed by atoms with Crippen molar-refractivity contribution in [1.82, 2.24) is 4.57 Å². The van der Waals surface area contributed by atoms with Gasteiger partial charge in [-0.3, -0.25) is 0 Å². The van der Waals surface area contributed by atoms with Gasteiger partial charge in [-0.25, -0.2) is 0 Å². The van der Waals surface area contributed by atoms with Gasteiger partial charge in [-0.1, -0.05) is 201 Å². The summed E-state index contributed by atoms with van der Waals surface area (Å²) in [5, 5.41) is 5.33. The van der Waals surface area contributed by atoms with Crippen LogP contribution in [-0.2, 0) is 17.4 Å². The maximum atomic E-state index is 2.68. The molecule has 0 radical (unpaired) electrons. The Balaban J connectivity index is 0.932. The summed E-state index contributed by atoms with van der Waals surface area (Å²) in [5.41, 5.74) is 20.1. The van der Waals surface area contributed by atoms with E-state index in [1.807, 2.05) is 0 Å². The Morgan fingerprint density at radius 3 is 1.73 bits per heavy atom. The Morgan fingerprint density at radius 2 is 1.02 bits per heavy atom. The second-order valence-electron chi connectivity index (χ2n) is 18.9. The van der Waals surface area contributed by atoms with E-state index >= 15 is 0 Å². The van der Waals surface area contributed by atoms with E-state index in [0.29, 0.717) is 0 Å². The molecule has 1 nitrogen and oxygen atoms in total. The van der Waals surface area contributed by atoms with Crippen LogP contribution in [-0.4, -0.2) is 4.57 Å². The summed E-state index contributed by atoms with van der Waals surface area (Å²) in [6.07, 6.45) is 7.34. The fourth-order valence-corrected chi connectivity index (χ4v) is 12.6. The van der Waals surface area contributed by atoms with Crippen molar-refractivity contribution in [3.8, 4) is 33.4 Å². The summed E-state index contributed by atoms with van der Waals surface area (Å²) in [4.78, 5) is 0. The van der Waals surface area contributed by atoms with Crippen LogP contribution in [0.4, 0.5) is 0 Å². The lowest BCUT2D eigenvalue weighted by Gasteiger charge is -2.37. The molecule has 1 unspecified atom stereocenters. The lowest BCUT2D eigenvalue weighted by atomic mass is 9.70. The third kappa shape index (κ3) is 5.36. The molecule has 302 valence electrons. The van der Waals surface area contributed by atoms with Gasteiger partial charge in [0.15, 0.2) is 0 Å². The third-order valence-corrected chi connectivity index (χ3v) is 15.5. The van der Waals surface area contributed by atoms with E-state index in [1.165, 1.54) is 137 Å². The summed E-state index contributed by atoms with van der Waals surface area (Å²) < 4.78 is 2.68. The van der Waals surface area contributed by atoms with E-state index in [2.05, 4.69) is 212 Å². The molecule has 3 aliphatic rings. The Labute approximate surface area is 370 Å². The maximum absolute atomic E-state index is 2.68. The number of hydrogen-bond acceptors (Lipinski definition) is 0. The molecule has 13 rings (SSSR count). The van der Waals surface area contributed by atoms with Crippen LogP contribution in [0.3, 0.4) is 0 Å². The molecule has 1 aromatic heterocycles. The predicted octanol–water partition coefficient (Wildman–Crippen LogP) is 16.0. The lowest BCUT2D eigenvalue weighted by Crippen LogP contribution is -2.32. The highest BCUT2D eigenvalue weighted by Crippen LogP contribution is 2.63. The van der Waals surface area contributed by atoms with Gasteiger partial charge in [-0.2, -0.15) is 0 Å². The first-order chi connectivity index (χ1) is 31.1. The Kier molecular flexibility index (Phi) is 8.17. The number of fused-ring (bicyclic) bond motifs is 14. The van der Waals surface area contributed by atoms with Crippen molar-refractivity contribution in [3.05, 3.63) is 239 Å². The minimum Gasteiger partial charge on any atom is -0.335 e. The zero-order valence-corrected chi connectivity index (χ0v) is 35.8. The van der Waals surface area contributed by atoms with E-state index in [1.54, 1.807) is 0 Å². The Morgan fingerprint density at radius 1 is 0.444 bits per heavy atom. The fourth-order valence-electron chi connectivity index (χ4n) is 12.6. The molecule has 3 aliphatic carbocycles. The summed E-state index contributed by atoms with van der Waals surface area (Å²) in [5.74, 6) is 0.142. The average molecular weight is 808 g/mol. The first kappa shape index (κ1) is 36.7. The van der Waals surface area contributed by atoms with Crippen molar-refractivity contribution in [2.75, 3.05) is 0 Å². The van der Waals surface area contributed by atoms with Crippen LogP contribution >= 0.6 is 0 Å². The van der Waals surface area contributed by atoms with Crippen LogP contribution in [0.5, 0.6) is 0 Å². The second kappa shape index (κ2) is 14.0. The van der Waals surface area contributed by atoms with Gasteiger partial charge in [0.2, 0.25) is 0 Å². The van der Waals surface area contributed by atoms with Crippen LogP contribution in [0.15, 0.2) is 200 Å². The highest BCUT2D eigenvalue weighted by Gasteiger charge is 2.51. The van der Waals surface area contributed by atoms with Crippen LogP contribution in [0, 0.1) is 0 Å². The van der Waals surface area contributed by atoms with Crippen LogP contribution < -0.4 is 0 Å². The average Bonchev–Trinajstić information content (AvgIpc) is 3.95. The first-order valence-corrected chi connectivity index (χ1v) is 23.1. The van der Waals surface area contributed by atoms with Crippen LogP contribution in [0.1, 0.15) is 83.9 Å². The van der Waals surface area contributed by atoms with Gasteiger partial charge >= 0.3 is 0 Å². The zero-order valence-electron chi connectivity index (χ0n) is 35.8. The zero-order chi connectivity index (χ0) is 41.7. The number of para-hydroxylation sites is 1. The highest BCUT2D eigenvalue weighted by atomic mass is 15.1. The molecule has 1 heteroatoms. The molecule has 0 bridgehead atoms. The van der Waals surface area contributed by atoms with E-state index in [4.69, 9.17) is 0 Å². The highest BCUT2D eigenvalue weighted by molar-refractivity contribution is 6.09. The number of hydrogen-bond donors (Lipinski definition) is 0. The fraction of sp³-hybridized carbons (Fsp3) is 0.161. The summed E-state index contributed by atoms with van der Waals surface area (Å²) in [6.45, 7) is 2.49. The molecule has 0 amide bonds. The SMILES string of the molecule is CC1(n2c3ccccc3c3cc(-c4ccc(CC(c5ccc6c(c5)C5(c7ccccc7-c7ccccc75)c5ccccc5-6)c5cccc6ccccc56)cc4)ccc32)CCCCC1. The molecule has 0 saturated heterocycles. The van der Waals surface area contributed by atoms with E-state index in [9.17, 15) is 0 Å². The smallest absolute Gasteiger partial charge is 0.0725 e. The van der Waals surface area contributed by atoms with Crippen molar-refractivity contribution < 1.29 is 0 Å². The van der Waals surface area contributed by atoms with Gasteiger partial charge in [-0.05, 0) is 127 Å². The molecule has 0 N–H and O–H groups in total. The molecule has 0 aliphatic heterocycles. The topological polar surface area (TPSA) is 4.93 Å². The number of rotatable bonds is 6. The molecule has 1 spiro atoms. The van der Waals surface area contributed by atoms with Crippen molar-refractivity contribution >= 4 is 32.6 Å². The first-order valence-electron chi connectivity index (χ1n) is 23.1. The van der Waals surface area contributed by atoms with Crippen LogP contribution in [0.25, 0.3) is 66.0 Å². The molecule has 1 saturated carbocycles. The molecular formula is C62H49N. The number of aromatic nitrogens is 1. The van der Waals surface area contributed by atoms with Gasteiger partial charge in [0.05, 0.1) is 5.41 Å². The van der Waals surface area contributed by atoms with Crippen molar-refractivity contribution in [3.63, 3.8) is 0 Å². The standard InChI is InChI=1S/C62H49N/c1-61(36-13-2-14-37-61)63-59-27-12-8-22-52(59)54-39-44(33-35-60(54)63)42-30-28-41(29-31-42)38-53(47-23-15-17-43-16-3-4-18-46(43)47)45-32-34-51-50-21-7-11-26-57(50)62(58(51)40-45)55-24-9-5-19-48(55)49-20-6-10-25-56(49)62/h3-12,15-35,39-40,53H,2,13-14,36-38H2,1H3. The number of nitrogens with zero attached hydrogens (tertiary/aromatic N) is 1. The largest absolute Gasteiger partial charge is 0.335 e.